The van der Waals surface area contributed by atoms with Crippen LogP contribution in [0.1, 0.15) is 0 Å². The third-order valence-corrected chi connectivity index (χ3v) is 3.74. The zero-order valence-electron chi connectivity index (χ0n) is 12.2. The fourth-order valence-corrected chi connectivity index (χ4v) is 2.50. The molecule has 0 unspecified atom stereocenters. The van der Waals surface area contributed by atoms with Crippen LogP contribution in [0.5, 0.6) is 11.8 Å². The van der Waals surface area contributed by atoms with Gasteiger partial charge in [0.1, 0.15) is 17.3 Å². The summed E-state index contributed by atoms with van der Waals surface area (Å²) in [5.41, 5.74) is 1.71. The molecule has 2 heterocycles. The van der Waals surface area contributed by atoms with Crippen LogP contribution in [-0.2, 0) is 0 Å². The van der Waals surface area contributed by atoms with E-state index in [0.717, 1.165) is 0 Å². The molecule has 0 atom stereocenters. The van der Waals surface area contributed by atoms with E-state index in [9.17, 15) is 4.39 Å². The monoisotopic (exact) mass is 340 g/mol. The van der Waals surface area contributed by atoms with Crippen molar-refractivity contribution in [1.29, 1.82) is 0 Å². The molecule has 0 aliphatic carbocycles. The molecule has 0 aliphatic rings. The molecule has 7 heteroatoms. The maximum Gasteiger partial charge on any atom is 0.324 e. The second kappa shape index (κ2) is 5.90. The van der Waals surface area contributed by atoms with Gasteiger partial charge in [0.25, 0.3) is 0 Å². The van der Waals surface area contributed by atoms with Crippen LogP contribution >= 0.6 is 11.6 Å². The SMILES string of the molecule is Fc1cccc(-c2n[nH]c3nc(Oc4ccccc4Cl)ncc23)c1. The highest BCUT2D eigenvalue weighted by molar-refractivity contribution is 6.32. The molecule has 1 N–H and O–H groups in total. The number of halogens is 2. The second-order valence-electron chi connectivity index (χ2n) is 5.03. The minimum Gasteiger partial charge on any atom is -0.423 e. The van der Waals surface area contributed by atoms with E-state index in [2.05, 4.69) is 20.2 Å². The summed E-state index contributed by atoms with van der Waals surface area (Å²) >= 11 is 6.06. The lowest BCUT2D eigenvalue weighted by Gasteiger charge is -2.05. The molecule has 0 spiro atoms. The fourth-order valence-electron chi connectivity index (χ4n) is 2.32. The van der Waals surface area contributed by atoms with E-state index in [4.69, 9.17) is 16.3 Å². The van der Waals surface area contributed by atoms with E-state index in [1.807, 2.05) is 0 Å². The van der Waals surface area contributed by atoms with Crippen molar-refractivity contribution in [3.05, 3.63) is 65.6 Å². The highest BCUT2D eigenvalue weighted by atomic mass is 35.5. The van der Waals surface area contributed by atoms with Gasteiger partial charge in [0.2, 0.25) is 0 Å². The van der Waals surface area contributed by atoms with Gasteiger partial charge in [0.15, 0.2) is 5.65 Å². The van der Waals surface area contributed by atoms with Gasteiger partial charge in [0.05, 0.1) is 10.4 Å². The number of H-pyrrole nitrogens is 1. The lowest BCUT2D eigenvalue weighted by atomic mass is 10.1. The van der Waals surface area contributed by atoms with Gasteiger partial charge in [-0.15, -0.1) is 0 Å². The van der Waals surface area contributed by atoms with E-state index >= 15 is 0 Å². The molecule has 0 saturated carbocycles. The minimum absolute atomic E-state index is 0.144. The number of fused-ring (bicyclic) bond motifs is 1. The predicted molar refractivity (Wildman–Crippen MR) is 88.6 cm³/mol. The summed E-state index contributed by atoms with van der Waals surface area (Å²) in [4.78, 5) is 8.45. The first-order valence-corrected chi connectivity index (χ1v) is 7.48. The smallest absolute Gasteiger partial charge is 0.324 e. The number of rotatable bonds is 3. The van der Waals surface area contributed by atoms with E-state index < -0.39 is 0 Å². The van der Waals surface area contributed by atoms with Crippen LogP contribution in [0, 0.1) is 5.82 Å². The van der Waals surface area contributed by atoms with E-state index in [0.29, 0.717) is 33.1 Å². The summed E-state index contributed by atoms with van der Waals surface area (Å²) in [5, 5.41) is 8.14. The molecule has 4 aromatic rings. The normalized spacial score (nSPS) is 10.9. The van der Waals surface area contributed by atoms with Crippen molar-refractivity contribution < 1.29 is 9.13 Å². The Bertz CT molecular complexity index is 1030. The van der Waals surface area contributed by atoms with Gasteiger partial charge in [-0.25, -0.2) is 9.37 Å². The summed E-state index contributed by atoms with van der Waals surface area (Å²) in [6.07, 6.45) is 1.58. The minimum atomic E-state index is -0.330. The molecule has 0 radical (unpaired) electrons. The predicted octanol–water partition coefficient (Wildman–Crippen LogP) is 4.60. The van der Waals surface area contributed by atoms with Crippen molar-refractivity contribution in [1.82, 2.24) is 20.2 Å². The third-order valence-electron chi connectivity index (χ3n) is 3.43. The second-order valence-corrected chi connectivity index (χ2v) is 5.44. The summed E-state index contributed by atoms with van der Waals surface area (Å²) in [7, 11) is 0. The quantitative estimate of drug-likeness (QED) is 0.591. The largest absolute Gasteiger partial charge is 0.423 e. The molecule has 0 bridgehead atoms. The zero-order valence-corrected chi connectivity index (χ0v) is 13.0. The standard InChI is InChI=1S/C17H10ClFN4O/c18-13-6-1-2-7-14(13)24-17-20-9-12-15(22-23-16(12)21-17)10-4-3-5-11(19)8-10/h1-9H,(H,20,21,22,23). The van der Waals surface area contributed by atoms with Gasteiger partial charge in [-0.3, -0.25) is 5.10 Å². The number of nitrogens with zero attached hydrogens (tertiary/aromatic N) is 3. The van der Waals surface area contributed by atoms with Gasteiger partial charge in [0, 0.05) is 11.8 Å². The summed E-state index contributed by atoms with van der Waals surface area (Å²) < 4.78 is 19.0. The van der Waals surface area contributed by atoms with Crippen LogP contribution in [0.4, 0.5) is 4.39 Å². The maximum absolute atomic E-state index is 13.4. The third kappa shape index (κ3) is 2.68. The van der Waals surface area contributed by atoms with E-state index in [-0.39, 0.29) is 11.8 Å². The molecule has 0 amide bonds. The van der Waals surface area contributed by atoms with Crippen molar-refractivity contribution in [3.63, 3.8) is 0 Å². The molecule has 0 aliphatic heterocycles. The fraction of sp³-hybridized carbons (Fsp3) is 0. The van der Waals surface area contributed by atoms with Gasteiger partial charge < -0.3 is 4.74 Å². The van der Waals surface area contributed by atoms with Crippen LogP contribution in [0.15, 0.2) is 54.7 Å². The molecular formula is C17H10ClFN4O. The molecule has 118 valence electrons. The lowest BCUT2D eigenvalue weighted by molar-refractivity contribution is 0.444. The topological polar surface area (TPSA) is 63.7 Å². The van der Waals surface area contributed by atoms with Crippen LogP contribution in [0.25, 0.3) is 22.3 Å². The number of aromatic nitrogens is 4. The first-order valence-electron chi connectivity index (χ1n) is 7.10. The number of aromatic amines is 1. The number of hydrogen-bond donors (Lipinski definition) is 1. The Balaban J connectivity index is 1.72. The van der Waals surface area contributed by atoms with Crippen LogP contribution < -0.4 is 4.74 Å². The molecule has 5 nitrogen and oxygen atoms in total. The summed E-state index contributed by atoms with van der Waals surface area (Å²) in [5.74, 6) is 0.131. The zero-order chi connectivity index (χ0) is 16.5. The average molecular weight is 341 g/mol. The van der Waals surface area contributed by atoms with E-state index in [1.165, 1.54) is 12.1 Å². The summed E-state index contributed by atoms with van der Waals surface area (Å²) in [6.45, 7) is 0. The lowest BCUT2D eigenvalue weighted by Crippen LogP contribution is -1.92. The summed E-state index contributed by atoms with van der Waals surface area (Å²) in [6, 6.07) is 13.4. The molecule has 2 aromatic carbocycles. The van der Waals surface area contributed by atoms with Crippen molar-refractivity contribution in [3.8, 4) is 23.0 Å². The van der Waals surface area contributed by atoms with Crippen molar-refractivity contribution in [2.24, 2.45) is 0 Å². The van der Waals surface area contributed by atoms with Crippen LogP contribution in [0.3, 0.4) is 0 Å². The molecule has 0 fully saturated rings. The molecule has 24 heavy (non-hydrogen) atoms. The van der Waals surface area contributed by atoms with Gasteiger partial charge in [-0.05, 0) is 24.3 Å². The molecule has 0 saturated heterocycles. The first-order chi connectivity index (χ1) is 11.7. The number of hydrogen-bond acceptors (Lipinski definition) is 4. The Morgan fingerprint density at radius 3 is 2.79 bits per heavy atom. The van der Waals surface area contributed by atoms with Gasteiger partial charge in [-0.2, -0.15) is 10.1 Å². The first kappa shape index (κ1) is 14.6. The number of ether oxygens (including phenoxy) is 1. The number of para-hydroxylation sites is 1. The van der Waals surface area contributed by atoms with Crippen molar-refractivity contribution in [2.75, 3.05) is 0 Å². The Morgan fingerprint density at radius 2 is 1.96 bits per heavy atom. The van der Waals surface area contributed by atoms with Crippen LogP contribution in [-0.4, -0.2) is 20.2 Å². The molecule has 4 rings (SSSR count). The Morgan fingerprint density at radius 1 is 1.08 bits per heavy atom. The maximum atomic E-state index is 13.4. The highest BCUT2D eigenvalue weighted by Gasteiger charge is 2.12. The Labute approximate surface area is 141 Å². The van der Waals surface area contributed by atoms with Crippen LogP contribution in [0.2, 0.25) is 5.02 Å². The number of nitrogens with one attached hydrogen (secondary N) is 1. The van der Waals surface area contributed by atoms with E-state index in [1.54, 1.807) is 42.6 Å². The average Bonchev–Trinajstić information content (AvgIpc) is 3.00. The molecule has 2 aromatic heterocycles. The van der Waals surface area contributed by atoms with Gasteiger partial charge >= 0.3 is 6.01 Å². The Hall–Kier alpha value is -2.99. The number of benzene rings is 2. The van der Waals surface area contributed by atoms with Gasteiger partial charge in [-0.1, -0.05) is 35.9 Å². The highest BCUT2D eigenvalue weighted by Crippen LogP contribution is 2.29. The molecular weight excluding hydrogens is 331 g/mol. The Kier molecular flexibility index (Phi) is 3.59. The van der Waals surface area contributed by atoms with Crippen molar-refractivity contribution in [2.45, 2.75) is 0 Å². The van der Waals surface area contributed by atoms with Crippen molar-refractivity contribution >= 4 is 22.6 Å².